The van der Waals surface area contributed by atoms with Crippen molar-refractivity contribution in [3.8, 4) is 12.1 Å². The minimum Gasteiger partial charge on any atom is -0.258 e. The number of halogens is 3. The normalized spacial score (nSPS) is 10.5. The molecule has 0 saturated carbocycles. The van der Waals surface area contributed by atoms with Crippen molar-refractivity contribution in [1.29, 1.82) is 10.5 Å². The van der Waals surface area contributed by atoms with Crippen LogP contribution in [0, 0.1) is 32.8 Å². The van der Waals surface area contributed by atoms with Crippen molar-refractivity contribution in [2.24, 2.45) is 0 Å². The third kappa shape index (κ3) is 2.55. The molecule has 8 heteroatoms. The van der Waals surface area contributed by atoms with Gasteiger partial charge in [0.15, 0.2) is 5.56 Å². The first-order valence-electron chi connectivity index (χ1n) is 4.46. The van der Waals surface area contributed by atoms with Crippen molar-refractivity contribution in [3.05, 3.63) is 38.9 Å². The first-order valence-corrected chi connectivity index (χ1v) is 4.46. The van der Waals surface area contributed by atoms with Crippen LogP contribution < -0.4 is 0 Å². The predicted octanol–water partition coefficient (Wildman–Crippen LogP) is 2.55. The van der Waals surface area contributed by atoms with Crippen LogP contribution in [0.25, 0.3) is 0 Å². The fraction of sp³-hybridized carbons (Fsp3) is 0.200. The van der Waals surface area contributed by atoms with Crippen LogP contribution in [-0.2, 0) is 12.6 Å². The molecular weight excluding hydrogens is 251 g/mol. The van der Waals surface area contributed by atoms with Crippen molar-refractivity contribution in [3.63, 3.8) is 0 Å². The fourth-order valence-electron chi connectivity index (χ4n) is 1.41. The number of hydrogen-bond acceptors (Lipinski definition) is 4. The molecular formula is C10H4F3N3O2. The largest absolute Gasteiger partial charge is 0.424 e. The summed E-state index contributed by atoms with van der Waals surface area (Å²) >= 11 is 0. The Morgan fingerprint density at radius 3 is 2.33 bits per heavy atom. The summed E-state index contributed by atoms with van der Waals surface area (Å²) in [6.45, 7) is 0. The molecule has 0 N–H and O–H groups in total. The molecule has 1 rings (SSSR count). The second kappa shape index (κ2) is 4.72. The first kappa shape index (κ1) is 13.5. The number of nitro benzene ring substituents is 1. The molecule has 0 aliphatic heterocycles. The highest BCUT2D eigenvalue weighted by Gasteiger charge is 2.41. The van der Waals surface area contributed by atoms with Gasteiger partial charge < -0.3 is 0 Å². The number of alkyl halides is 3. The Bertz CT molecular complexity index is 582. The molecule has 0 fully saturated rings. The molecule has 0 unspecified atom stereocenters. The summed E-state index contributed by atoms with van der Waals surface area (Å²) in [6, 6.07) is 4.40. The molecule has 0 saturated heterocycles. The van der Waals surface area contributed by atoms with Crippen molar-refractivity contribution in [1.82, 2.24) is 0 Å². The molecule has 0 aliphatic rings. The van der Waals surface area contributed by atoms with Crippen LogP contribution in [0.1, 0.15) is 16.7 Å². The van der Waals surface area contributed by atoms with Crippen molar-refractivity contribution in [2.45, 2.75) is 12.6 Å². The molecule has 0 radical (unpaired) electrons. The quantitative estimate of drug-likeness (QED) is 0.599. The van der Waals surface area contributed by atoms with Gasteiger partial charge in [0.2, 0.25) is 0 Å². The maximum atomic E-state index is 12.7. The minimum absolute atomic E-state index is 0.00579. The number of benzene rings is 1. The van der Waals surface area contributed by atoms with Gasteiger partial charge in [0, 0.05) is 6.07 Å². The van der Waals surface area contributed by atoms with Gasteiger partial charge in [0.05, 0.1) is 23.0 Å². The second-order valence-corrected chi connectivity index (χ2v) is 3.24. The zero-order valence-electron chi connectivity index (χ0n) is 8.65. The SMILES string of the molecule is N#CCc1cc(C#N)c(C(F)(F)F)c([N+](=O)[O-])c1. The van der Waals surface area contributed by atoms with Crippen LogP contribution in [-0.4, -0.2) is 4.92 Å². The van der Waals surface area contributed by atoms with E-state index >= 15 is 0 Å². The highest BCUT2D eigenvalue weighted by molar-refractivity contribution is 5.55. The lowest BCUT2D eigenvalue weighted by molar-refractivity contribution is -0.388. The Hall–Kier alpha value is -2.61. The number of nitriles is 2. The smallest absolute Gasteiger partial charge is 0.258 e. The Kier molecular flexibility index (Phi) is 3.53. The van der Waals surface area contributed by atoms with Gasteiger partial charge in [-0.05, 0) is 11.6 Å². The lowest BCUT2D eigenvalue weighted by Gasteiger charge is -2.10. The van der Waals surface area contributed by atoms with E-state index in [1.54, 1.807) is 6.07 Å². The lowest BCUT2D eigenvalue weighted by Crippen LogP contribution is -2.12. The summed E-state index contributed by atoms with van der Waals surface area (Å²) in [7, 11) is 0. The average molecular weight is 255 g/mol. The molecule has 0 atom stereocenters. The van der Waals surface area contributed by atoms with Crippen LogP contribution in [0.15, 0.2) is 12.1 Å². The number of rotatable bonds is 2. The zero-order valence-corrected chi connectivity index (χ0v) is 8.65. The van der Waals surface area contributed by atoms with Crippen molar-refractivity contribution in [2.75, 3.05) is 0 Å². The summed E-state index contributed by atoms with van der Waals surface area (Å²) in [5, 5.41) is 27.6. The van der Waals surface area contributed by atoms with Gasteiger partial charge in [0.25, 0.3) is 5.69 Å². The molecule has 1 aromatic carbocycles. The first-order chi connectivity index (χ1) is 8.31. The van der Waals surface area contributed by atoms with E-state index in [4.69, 9.17) is 10.5 Å². The summed E-state index contributed by atoms with van der Waals surface area (Å²) in [6.07, 6.45) is -5.31. The van der Waals surface area contributed by atoms with Crippen LogP contribution >= 0.6 is 0 Å². The van der Waals surface area contributed by atoms with Crippen molar-refractivity contribution < 1.29 is 18.1 Å². The van der Waals surface area contributed by atoms with E-state index in [1.807, 2.05) is 0 Å². The number of nitrogens with zero attached hydrogens (tertiary/aromatic N) is 3. The van der Waals surface area contributed by atoms with E-state index in [1.165, 1.54) is 6.07 Å². The monoisotopic (exact) mass is 255 g/mol. The number of hydrogen-bond donors (Lipinski definition) is 0. The Balaban J connectivity index is 3.65. The summed E-state index contributed by atoms with van der Waals surface area (Å²) < 4.78 is 38.0. The average Bonchev–Trinajstić information content (AvgIpc) is 2.26. The molecule has 92 valence electrons. The van der Waals surface area contributed by atoms with E-state index in [-0.39, 0.29) is 12.0 Å². The van der Waals surface area contributed by atoms with Gasteiger partial charge >= 0.3 is 6.18 Å². The Morgan fingerprint density at radius 2 is 1.94 bits per heavy atom. The molecule has 0 aromatic heterocycles. The van der Waals surface area contributed by atoms with Gasteiger partial charge in [-0.1, -0.05) is 0 Å². The van der Waals surface area contributed by atoms with E-state index < -0.39 is 27.9 Å². The standard InChI is InChI=1S/C10H4F3N3O2/c11-10(12,13)9-7(5-15)3-6(1-2-14)4-8(9)16(17)18/h3-4H,1H2. The lowest BCUT2D eigenvalue weighted by atomic mass is 10.0. The molecule has 5 nitrogen and oxygen atoms in total. The molecule has 0 heterocycles. The topological polar surface area (TPSA) is 90.7 Å². The highest BCUT2D eigenvalue weighted by atomic mass is 19.4. The second-order valence-electron chi connectivity index (χ2n) is 3.24. The molecule has 0 bridgehead atoms. The van der Waals surface area contributed by atoms with E-state index in [9.17, 15) is 23.3 Å². The van der Waals surface area contributed by atoms with Gasteiger partial charge in [-0.2, -0.15) is 23.7 Å². The van der Waals surface area contributed by atoms with E-state index in [0.29, 0.717) is 6.07 Å². The third-order valence-electron chi connectivity index (χ3n) is 2.06. The maximum Gasteiger partial charge on any atom is 0.424 e. The van der Waals surface area contributed by atoms with Gasteiger partial charge in [-0.3, -0.25) is 10.1 Å². The van der Waals surface area contributed by atoms with E-state index in [2.05, 4.69) is 0 Å². The summed E-state index contributed by atoms with van der Waals surface area (Å²) in [5.41, 5.74) is -3.67. The van der Waals surface area contributed by atoms with Crippen LogP contribution in [0.2, 0.25) is 0 Å². The molecule has 0 spiro atoms. The van der Waals surface area contributed by atoms with Gasteiger partial charge in [-0.25, -0.2) is 0 Å². The number of nitro groups is 1. The minimum atomic E-state index is -5.00. The summed E-state index contributed by atoms with van der Waals surface area (Å²) in [4.78, 5) is 9.39. The van der Waals surface area contributed by atoms with Crippen LogP contribution in [0.3, 0.4) is 0 Å². The van der Waals surface area contributed by atoms with Crippen LogP contribution in [0.5, 0.6) is 0 Å². The molecule has 1 aromatic rings. The Labute approximate surface area is 98.8 Å². The van der Waals surface area contributed by atoms with Gasteiger partial charge in [-0.15, -0.1) is 0 Å². The van der Waals surface area contributed by atoms with Crippen LogP contribution in [0.4, 0.5) is 18.9 Å². The Morgan fingerprint density at radius 1 is 1.33 bits per heavy atom. The molecule has 0 aliphatic carbocycles. The third-order valence-corrected chi connectivity index (χ3v) is 2.06. The molecule has 0 amide bonds. The zero-order chi connectivity index (χ0) is 13.9. The summed E-state index contributed by atoms with van der Waals surface area (Å²) in [5.74, 6) is 0. The van der Waals surface area contributed by atoms with Gasteiger partial charge in [0.1, 0.15) is 6.07 Å². The maximum absolute atomic E-state index is 12.7. The van der Waals surface area contributed by atoms with E-state index in [0.717, 1.165) is 6.07 Å². The molecule has 18 heavy (non-hydrogen) atoms. The predicted molar refractivity (Wildman–Crippen MR) is 52.1 cm³/mol. The highest BCUT2D eigenvalue weighted by Crippen LogP contribution is 2.39. The van der Waals surface area contributed by atoms with Crippen molar-refractivity contribution >= 4 is 5.69 Å². The fourth-order valence-corrected chi connectivity index (χ4v) is 1.41.